The van der Waals surface area contributed by atoms with E-state index in [-0.39, 0.29) is 0 Å². The zero-order valence-corrected chi connectivity index (χ0v) is 16.0. The Hall–Kier alpha value is -1.78. The van der Waals surface area contributed by atoms with Crippen molar-refractivity contribution in [2.45, 2.75) is 44.8 Å². The summed E-state index contributed by atoms with van der Waals surface area (Å²) in [5.41, 5.74) is 1.90. The number of piperidine rings is 1. The van der Waals surface area contributed by atoms with E-state index in [1.807, 2.05) is 6.07 Å². The first-order valence-corrected chi connectivity index (χ1v) is 9.76. The third-order valence-electron chi connectivity index (χ3n) is 6.56. The van der Waals surface area contributed by atoms with Gasteiger partial charge in [0.25, 0.3) is 0 Å². The zero-order chi connectivity index (χ0) is 18.0. The Bertz CT molecular complexity index is 687. The lowest BCUT2D eigenvalue weighted by atomic mass is 9.58. The van der Waals surface area contributed by atoms with Crippen molar-refractivity contribution in [3.63, 3.8) is 0 Å². The molecule has 1 saturated heterocycles. The van der Waals surface area contributed by atoms with Crippen LogP contribution in [0.3, 0.4) is 0 Å². The van der Waals surface area contributed by atoms with Crippen LogP contribution in [0, 0.1) is 5.41 Å². The van der Waals surface area contributed by atoms with Gasteiger partial charge in [0.15, 0.2) is 0 Å². The third kappa shape index (κ3) is 3.53. The van der Waals surface area contributed by atoms with Crippen LogP contribution in [0.15, 0.2) is 47.1 Å². The smallest absolute Gasteiger partial charge is 0.118 e. The molecule has 1 aliphatic carbocycles. The van der Waals surface area contributed by atoms with E-state index >= 15 is 0 Å². The van der Waals surface area contributed by atoms with Crippen molar-refractivity contribution in [3.05, 3.63) is 54.0 Å². The van der Waals surface area contributed by atoms with Gasteiger partial charge in [-0.15, -0.1) is 0 Å². The molecule has 0 amide bonds. The van der Waals surface area contributed by atoms with E-state index in [0.29, 0.717) is 11.5 Å². The maximum absolute atomic E-state index is 5.54. The summed E-state index contributed by atoms with van der Waals surface area (Å²) in [5.74, 6) is 2.01. The van der Waals surface area contributed by atoms with Crippen molar-refractivity contribution in [2.75, 3.05) is 27.2 Å². The molecule has 0 radical (unpaired) electrons. The van der Waals surface area contributed by atoms with Crippen molar-refractivity contribution in [3.8, 4) is 5.75 Å². The molecule has 1 spiro atoms. The maximum atomic E-state index is 5.54. The highest BCUT2D eigenvalue weighted by molar-refractivity contribution is 5.27. The van der Waals surface area contributed by atoms with E-state index in [9.17, 15) is 0 Å². The molecule has 1 aromatic heterocycles. The molecule has 1 aromatic carbocycles. The molecule has 2 aliphatic rings. The summed E-state index contributed by atoms with van der Waals surface area (Å²) in [6, 6.07) is 13.3. The lowest BCUT2D eigenvalue weighted by Crippen LogP contribution is -2.57. The van der Waals surface area contributed by atoms with Gasteiger partial charge in [0.05, 0.1) is 19.9 Å². The van der Waals surface area contributed by atoms with Crippen LogP contribution in [0.2, 0.25) is 0 Å². The predicted molar refractivity (Wildman–Crippen MR) is 103 cm³/mol. The summed E-state index contributed by atoms with van der Waals surface area (Å²) in [6.45, 7) is 4.39. The highest BCUT2D eigenvalue weighted by Crippen LogP contribution is 2.51. The standard InChI is InChI=1S/C22H30N2O2/c1-23(17-20-4-3-15-26-20)21-9-10-22(21)11-13-24(14-12-22)16-18-5-7-19(25-2)8-6-18/h3-8,15,21H,9-14,16-17H2,1-2H3/t21-/m1/s1. The fourth-order valence-electron chi connectivity index (χ4n) is 4.86. The average Bonchev–Trinajstić information content (AvgIpc) is 3.15. The summed E-state index contributed by atoms with van der Waals surface area (Å²) in [6.07, 6.45) is 7.12. The molecule has 2 fully saturated rings. The molecular weight excluding hydrogens is 324 g/mol. The highest BCUT2D eigenvalue weighted by atomic mass is 16.5. The van der Waals surface area contributed by atoms with Gasteiger partial charge in [-0.1, -0.05) is 12.1 Å². The van der Waals surface area contributed by atoms with Gasteiger partial charge in [-0.2, -0.15) is 0 Å². The number of ether oxygens (including phenoxy) is 1. The molecule has 0 bridgehead atoms. The van der Waals surface area contributed by atoms with Gasteiger partial charge in [-0.25, -0.2) is 0 Å². The summed E-state index contributed by atoms with van der Waals surface area (Å²) >= 11 is 0. The van der Waals surface area contributed by atoms with Crippen molar-refractivity contribution in [1.82, 2.24) is 9.80 Å². The second kappa shape index (κ2) is 7.45. The van der Waals surface area contributed by atoms with Crippen molar-refractivity contribution >= 4 is 0 Å². The minimum atomic E-state index is 0.526. The number of furan rings is 1. The Morgan fingerprint density at radius 2 is 1.92 bits per heavy atom. The van der Waals surface area contributed by atoms with E-state index in [0.717, 1.165) is 24.6 Å². The first-order chi connectivity index (χ1) is 12.7. The first-order valence-electron chi connectivity index (χ1n) is 9.76. The average molecular weight is 354 g/mol. The molecule has 2 aromatic rings. The molecule has 4 heteroatoms. The van der Waals surface area contributed by atoms with E-state index in [2.05, 4.69) is 47.2 Å². The van der Waals surface area contributed by atoms with Gasteiger partial charge >= 0.3 is 0 Å². The van der Waals surface area contributed by atoms with Crippen molar-refractivity contribution < 1.29 is 9.15 Å². The van der Waals surface area contributed by atoms with E-state index in [1.165, 1.54) is 44.3 Å². The number of likely N-dealkylation sites (tertiary alicyclic amines) is 1. The second-order valence-electron chi connectivity index (χ2n) is 8.04. The minimum Gasteiger partial charge on any atom is -0.497 e. The highest BCUT2D eigenvalue weighted by Gasteiger charge is 2.49. The van der Waals surface area contributed by atoms with E-state index in [1.54, 1.807) is 13.4 Å². The summed E-state index contributed by atoms with van der Waals surface area (Å²) in [4.78, 5) is 5.12. The van der Waals surface area contributed by atoms with Gasteiger partial charge in [0.2, 0.25) is 0 Å². The predicted octanol–water partition coefficient (Wildman–Crippen LogP) is 4.16. The Labute approximate surface area is 156 Å². The normalized spacial score (nSPS) is 22.5. The molecule has 0 N–H and O–H groups in total. The Balaban J connectivity index is 1.30. The molecule has 4 nitrogen and oxygen atoms in total. The Morgan fingerprint density at radius 3 is 2.50 bits per heavy atom. The molecule has 1 saturated carbocycles. The second-order valence-corrected chi connectivity index (χ2v) is 8.04. The third-order valence-corrected chi connectivity index (χ3v) is 6.56. The van der Waals surface area contributed by atoms with Crippen LogP contribution >= 0.6 is 0 Å². The maximum Gasteiger partial charge on any atom is 0.118 e. The number of rotatable bonds is 6. The molecule has 1 atom stereocenters. The topological polar surface area (TPSA) is 28.9 Å². The molecule has 0 unspecified atom stereocenters. The minimum absolute atomic E-state index is 0.526. The van der Waals surface area contributed by atoms with Crippen LogP contribution in [0.25, 0.3) is 0 Å². The summed E-state index contributed by atoms with van der Waals surface area (Å²) < 4.78 is 10.8. The molecular formula is C22H30N2O2. The Morgan fingerprint density at radius 1 is 1.15 bits per heavy atom. The van der Waals surface area contributed by atoms with Crippen molar-refractivity contribution in [1.29, 1.82) is 0 Å². The summed E-state index contributed by atoms with van der Waals surface area (Å²) in [5, 5.41) is 0. The van der Waals surface area contributed by atoms with Crippen LogP contribution in [-0.2, 0) is 13.1 Å². The van der Waals surface area contributed by atoms with Crippen LogP contribution in [-0.4, -0.2) is 43.1 Å². The largest absolute Gasteiger partial charge is 0.497 e. The lowest BCUT2D eigenvalue weighted by molar-refractivity contribution is -0.0648. The number of nitrogens with zero attached hydrogens (tertiary/aromatic N) is 2. The number of hydrogen-bond acceptors (Lipinski definition) is 4. The molecule has 4 rings (SSSR count). The van der Waals surface area contributed by atoms with Crippen LogP contribution < -0.4 is 4.74 Å². The van der Waals surface area contributed by atoms with Gasteiger partial charge in [-0.3, -0.25) is 9.80 Å². The van der Waals surface area contributed by atoms with E-state index in [4.69, 9.17) is 9.15 Å². The molecule has 26 heavy (non-hydrogen) atoms. The first kappa shape index (κ1) is 17.6. The molecule has 140 valence electrons. The van der Waals surface area contributed by atoms with Crippen LogP contribution in [0.5, 0.6) is 5.75 Å². The molecule has 1 aliphatic heterocycles. The lowest BCUT2D eigenvalue weighted by Gasteiger charge is -2.57. The number of methoxy groups -OCH3 is 1. The number of benzene rings is 1. The van der Waals surface area contributed by atoms with E-state index < -0.39 is 0 Å². The van der Waals surface area contributed by atoms with Gasteiger partial charge in [0, 0.05) is 12.6 Å². The van der Waals surface area contributed by atoms with Crippen LogP contribution in [0.1, 0.15) is 37.0 Å². The summed E-state index contributed by atoms with van der Waals surface area (Å²) in [7, 11) is 3.98. The SMILES string of the molecule is COc1ccc(CN2CCC3(CC[C@H]3N(C)Cc3ccco3)CC2)cc1. The van der Waals surface area contributed by atoms with Crippen LogP contribution in [0.4, 0.5) is 0 Å². The number of hydrogen-bond donors (Lipinski definition) is 0. The van der Waals surface area contributed by atoms with Gasteiger partial charge < -0.3 is 9.15 Å². The van der Waals surface area contributed by atoms with Crippen molar-refractivity contribution in [2.24, 2.45) is 5.41 Å². The fourth-order valence-corrected chi connectivity index (χ4v) is 4.86. The molecule has 2 heterocycles. The van der Waals surface area contributed by atoms with Gasteiger partial charge in [-0.05, 0) is 81.1 Å². The Kier molecular flexibility index (Phi) is 5.05. The fraction of sp³-hybridized carbons (Fsp3) is 0.545. The van der Waals surface area contributed by atoms with Gasteiger partial charge in [0.1, 0.15) is 11.5 Å². The zero-order valence-electron chi connectivity index (χ0n) is 16.0. The quantitative estimate of drug-likeness (QED) is 0.779. The monoisotopic (exact) mass is 354 g/mol.